The molecule has 0 aromatic heterocycles. The Morgan fingerprint density at radius 3 is 2.57 bits per heavy atom. The van der Waals surface area contributed by atoms with Crippen molar-refractivity contribution >= 4 is 0 Å². The highest BCUT2D eigenvalue weighted by Crippen LogP contribution is 2.27. The molecule has 2 atom stereocenters. The van der Waals surface area contributed by atoms with Gasteiger partial charge in [-0.25, -0.2) is 0 Å². The molecule has 0 radical (unpaired) electrons. The molecule has 0 bridgehead atoms. The minimum Gasteiger partial charge on any atom is -0.406 e. The summed E-state index contributed by atoms with van der Waals surface area (Å²) in [5.74, 6) is -0.280. The Balaban J connectivity index is 1.77. The van der Waals surface area contributed by atoms with Gasteiger partial charge in [-0.3, -0.25) is 0 Å². The molecule has 2 unspecified atom stereocenters. The molecule has 1 aliphatic heterocycles. The molecule has 1 heterocycles. The van der Waals surface area contributed by atoms with E-state index in [0.29, 0.717) is 18.1 Å². The highest BCUT2D eigenvalue weighted by atomic mass is 19.4. The van der Waals surface area contributed by atoms with Crippen molar-refractivity contribution in [3.8, 4) is 5.75 Å². The number of halogens is 3. The number of aliphatic hydroxyl groups excluding tert-OH is 1. The van der Waals surface area contributed by atoms with Crippen molar-refractivity contribution in [3.63, 3.8) is 0 Å². The van der Waals surface area contributed by atoms with E-state index in [2.05, 4.69) is 4.74 Å². The Bertz CT molecular complexity index is 425. The van der Waals surface area contributed by atoms with Gasteiger partial charge in [0, 0.05) is 6.61 Å². The highest BCUT2D eigenvalue weighted by molar-refractivity contribution is 5.28. The van der Waals surface area contributed by atoms with Gasteiger partial charge in [-0.15, -0.1) is 13.2 Å². The zero-order valence-electron chi connectivity index (χ0n) is 11.6. The number of benzene rings is 1. The molecule has 0 saturated carbocycles. The summed E-state index contributed by atoms with van der Waals surface area (Å²) in [5, 5.41) is 10.0. The molecule has 6 heteroatoms. The molecule has 1 aromatic rings. The SMILES string of the molecule is OC(CCCC1CCCO1)c1ccc(OC(F)(F)F)cc1. The molecule has 1 saturated heterocycles. The number of aliphatic hydroxyl groups is 1. The first-order chi connectivity index (χ1) is 9.94. The van der Waals surface area contributed by atoms with E-state index < -0.39 is 12.5 Å². The minimum absolute atomic E-state index is 0.280. The molecule has 118 valence electrons. The van der Waals surface area contributed by atoms with Gasteiger partial charge in [0.25, 0.3) is 0 Å². The maximum absolute atomic E-state index is 12.0. The number of alkyl halides is 3. The Hall–Kier alpha value is -1.27. The number of rotatable bonds is 6. The summed E-state index contributed by atoms with van der Waals surface area (Å²) in [5.41, 5.74) is 0.594. The van der Waals surface area contributed by atoms with Gasteiger partial charge < -0.3 is 14.6 Å². The summed E-state index contributed by atoms with van der Waals surface area (Å²) in [6.07, 6.45) is -0.612. The summed E-state index contributed by atoms with van der Waals surface area (Å²) in [6, 6.07) is 5.34. The van der Waals surface area contributed by atoms with E-state index >= 15 is 0 Å². The van der Waals surface area contributed by atoms with Gasteiger partial charge in [-0.2, -0.15) is 0 Å². The van der Waals surface area contributed by atoms with Gasteiger partial charge in [0.15, 0.2) is 0 Å². The monoisotopic (exact) mass is 304 g/mol. The summed E-state index contributed by atoms with van der Waals surface area (Å²) in [6.45, 7) is 0.813. The molecular weight excluding hydrogens is 285 g/mol. The fourth-order valence-electron chi connectivity index (χ4n) is 2.47. The third-order valence-corrected chi connectivity index (χ3v) is 3.53. The van der Waals surface area contributed by atoms with Gasteiger partial charge >= 0.3 is 6.36 Å². The largest absolute Gasteiger partial charge is 0.573 e. The molecule has 1 aliphatic rings. The number of ether oxygens (including phenoxy) is 2. The lowest BCUT2D eigenvalue weighted by Crippen LogP contribution is -2.17. The second-order valence-corrected chi connectivity index (χ2v) is 5.20. The van der Waals surface area contributed by atoms with E-state index in [4.69, 9.17) is 4.74 Å². The van der Waals surface area contributed by atoms with Crippen molar-refractivity contribution in [1.82, 2.24) is 0 Å². The minimum atomic E-state index is -4.69. The molecule has 1 fully saturated rings. The zero-order chi connectivity index (χ0) is 15.3. The first-order valence-corrected chi connectivity index (χ1v) is 7.09. The maximum atomic E-state index is 12.0. The van der Waals surface area contributed by atoms with Gasteiger partial charge in [0.2, 0.25) is 0 Å². The van der Waals surface area contributed by atoms with Crippen LogP contribution in [0, 0.1) is 0 Å². The van der Waals surface area contributed by atoms with Crippen LogP contribution in [-0.2, 0) is 4.74 Å². The standard InChI is InChI=1S/C15H19F3O3/c16-15(17,18)21-13-8-6-11(7-9-13)14(19)5-1-3-12-4-2-10-20-12/h6-9,12,14,19H,1-5,10H2. The Morgan fingerprint density at radius 1 is 1.29 bits per heavy atom. The predicted molar refractivity (Wildman–Crippen MR) is 70.9 cm³/mol. The van der Waals surface area contributed by atoms with Crippen LogP contribution < -0.4 is 4.74 Å². The molecule has 21 heavy (non-hydrogen) atoms. The van der Waals surface area contributed by atoms with Crippen molar-refractivity contribution in [2.75, 3.05) is 6.61 Å². The summed E-state index contributed by atoms with van der Waals surface area (Å²) in [4.78, 5) is 0. The van der Waals surface area contributed by atoms with Crippen LogP contribution in [0.1, 0.15) is 43.8 Å². The van der Waals surface area contributed by atoms with Crippen LogP contribution in [-0.4, -0.2) is 24.2 Å². The average molecular weight is 304 g/mol. The van der Waals surface area contributed by atoms with E-state index in [-0.39, 0.29) is 5.75 Å². The first-order valence-electron chi connectivity index (χ1n) is 7.09. The van der Waals surface area contributed by atoms with Crippen molar-refractivity contribution in [3.05, 3.63) is 29.8 Å². The van der Waals surface area contributed by atoms with Gasteiger partial charge in [-0.05, 0) is 49.8 Å². The smallest absolute Gasteiger partial charge is 0.406 e. The molecule has 1 N–H and O–H groups in total. The second-order valence-electron chi connectivity index (χ2n) is 5.20. The Labute approximate surface area is 121 Å². The quantitative estimate of drug-likeness (QED) is 0.864. The van der Waals surface area contributed by atoms with E-state index in [1.165, 1.54) is 24.3 Å². The van der Waals surface area contributed by atoms with Crippen LogP contribution in [0.15, 0.2) is 24.3 Å². The number of hydrogen-bond donors (Lipinski definition) is 1. The fraction of sp³-hybridized carbons (Fsp3) is 0.600. The van der Waals surface area contributed by atoms with E-state index in [9.17, 15) is 18.3 Å². The molecule has 1 aromatic carbocycles. The summed E-state index contributed by atoms with van der Waals surface area (Å²) >= 11 is 0. The normalized spacial score (nSPS) is 20.5. The van der Waals surface area contributed by atoms with E-state index in [1.807, 2.05) is 0 Å². The first kappa shape index (κ1) is 16.1. The van der Waals surface area contributed by atoms with Crippen LogP contribution in [0.3, 0.4) is 0 Å². The molecular formula is C15H19F3O3. The van der Waals surface area contributed by atoms with E-state index in [1.54, 1.807) is 0 Å². The molecule has 0 aliphatic carbocycles. The van der Waals surface area contributed by atoms with Crippen molar-refractivity contribution in [2.45, 2.75) is 50.7 Å². The lowest BCUT2D eigenvalue weighted by Gasteiger charge is -2.14. The average Bonchev–Trinajstić information content (AvgIpc) is 2.91. The summed E-state index contributed by atoms with van der Waals surface area (Å²) < 4.78 is 45.4. The lowest BCUT2D eigenvalue weighted by molar-refractivity contribution is -0.274. The molecule has 3 nitrogen and oxygen atoms in total. The van der Waals surface area contributed by atoms with Gasteiger partial charge in [-0.1, -0.05) is 12.1 Å². The predicted octanol–water partition coefficient (Wildman–Crippen LogP) is 3.97. The van der Waals surface area contributed by atoms with E-state index in [0.717, 1.165) is 32.3 Å². The van der Waals surface area contributed by atoms with Crippen molar-refractivity contribution < 1.29 is 27.8 Å². The Kier molecular flexibility index (Phi) is 5.47. The highest BCUT2D eigenvalue weighted by Gasteiger charge is 2.31. The van der Waals surface area contributed by atoms with Crippen LogP contribution in [0.5, 0.6) is 5.75 Å². The molecule has 0 amide bonds. The zero-order valence-corrected chi connectivity index (χ0v) is 11.6. The van der Waals surface area contributed by atoms with Crippen LogP contribution in [0.25, 0.3) is 0 Å². The van der Waals surface area contributed by atoms with Crippen LogP contribution >= 0.6 is 0 Å². The van der Waals surface area contributed by atoms with Crippen LogP contribution in [0.4, 0.5) is 13.2 Å². The van der Waals surface area contributed by atoms with Crippen molar-refractivity contribution in [1.29, 1.82) is 0 Å². The lowest BCUT2D eigenvalue weighted by atomic mass is 10.0. The molecule has 0 spiro atoms. The summed E-state index contributed by atoms with van der Waals surface area (Å²) in [7, 11) is 0. The van der Waals surface area contributed by atoms with Crippen LogP contribution in [0.2, 0.25) is 0 Å². The molecule has 2 rings (SSSR count). The Morgan fingerprint density at radius 2 is 2.00 bits per heavy atom. The van der Waals surface area contributed by atoms with Gasteiger partial charge in [0.1, 0.15) is 5.75 Å². The van der Waals surface area contributed by atoms with Crippen molar-refractivity contribution in [2.24, 2.45) is 0 Å². The van der Waals surface area contributed by atoms with Gasteiger partial charge in [0.05, 0.1) is 12.2 Å². The number of hydrogen-bond acceptors (Lipinski definition) is 3. The topological polar surface area (TPSA) is 38.7 Å². The second kappa shape index (κ2) is 7.13. The third kappa shape index (κ3) is 5.55. The fourth-order valence-corrected chi connectivity index (χ4v) is 2.47. The third-order valence-electron chi connectivity index (χ3n) is 3.53. The maximum Gasteiger partial charge on any atom is 0.573 e.